The summed E-state index contributed by atoms with van der Waals surface area (Å²) in [6, 6.07) is 0. The molecule has 0 aromatic heterocycles. The van der Waals surface area contributed by atoms with Gasteiger partial charge in [0.15, 0.2) is 0 Å². The van der Waals surface area contributed by atoms with Gasteiger partial charge in [0.05, 0.1) is 12.3 Å². The average Bonchev–Trinajstić information content (AvgIpc) is 2.39. The molecule has 0 spiro atoms. The van der Waals surface area contributed by atoms with Crippen molar-refractivity contribution in [3.05, 3.63) is 0 Å². The lowest BCUT2D eigenvalue weighted by Crippen LogP contribution is -2.25. The monoisotopic (exact) mass is 129 g/mol. The van der Waals surface area contributed by atoms with Gasteiger partial charge in [-0.2, -0.15) is 0 Å². The van der Waals surface area contributed by atoms with Gasteiger partial charge in [0, 0.05) is 0 Å². The predicted molar refractivity (Wildman–Crippen MR) is 38.1 cm³/mol. The van der Waals surface area contributed by atoms with Crippen LogP contribution >= 0.6 is 0 Å². The summed E-state index contributed by atoms with van der Waals surface area (Å²) < 4.78 is 0. The van der Waals surface area contributed by atoms with Crippen molar-refractivity contribution in [3.8, 4) is 0 Å². The first-order valence-electron chi connectivity index (χ1n) is 3.22. The number of nitrogens with zero attached hydrogens (tertiary/aromatic N) is 2. The molecule has 0 aliphatic carbocycles. The summed E-state index contributed by atoms with van der Waals surface area (Å²) in [6.45, 7) is 0. The normalized spacial score (nSPS) is 34.0. The van der Waals surface area contributed by atoms with Crippen molar-refractivity contribution in [1.82, 2.24) is 15.1 Å². The molecule has 0 aromatic rings. The molecule has 2 unspecified atom stereocenters. The zero-order valence-corrected chi connectivity index (χ0v) is 6.55. The van der Waals surface area contributed by atoms with Crippen molar-refractivity contribution in [2.75, 3.05) is 28.2 Å². The number of rotatable bonds is 2. The first-order chi connectivity index (χ1) is 4.13. The number of hydrogen-bond acceptors (Lipinski definition) is 3. The van der Waals surface area contributed by atoms with Crippen LogP contribution in [0.3, 0.4) is 0 Å². The summed E-state index contributed by atoms with van der Waals surface area (Å²) in [5.74, 6) is 0. The number of hydrogen-bond donors (Lipinski definition) is 1. The Morgan fingerprint density at radius 3 is 1.33 bits per heavy atom. The Balaban J connectivity index is 2.24. The van der Waals surface area contributed by atoms with Crippen molar-refractivity contribution >= 4 is 0 Å². The highest BCUT2D eigenvalue weighted by molar-refractivity contribution is 4.92. The summed E-state index contributed by atoms with van der Waals surface area (Å²) in [7, 11) is 8.34. The van der Waals surface area contributed by atoms with Gasteiger partial charge in [-0.05, 0) is 28.2 Å². The van der Waals surface area contributed by atoms with Crippen molar-refractivity contribution in [2.24, 2.45) is 0 Å². The van der Waals surface area contributed by atoms with Crippen LogP contribution < -0.4 is 5.32 Å². The van der Waals surface area contributed by atoms with Crippen LogP contribution in [0.4, 0.5) is 0 Å². The topological polar surface area (TPSA) is 28.4 Å². The van der Waals surface area contributed by atoms with E-state index < -0.39 is 0 Å². The summed E-state index contributed by atoms with van der Waals surface area (Å²) in [5, 5.41) is 3.32. The smallest absolute Gasteiger partial charge is 0.0902 e. The maximum atomic E-state index is 3.32. The molecule has 3 heteroatoms. The fraction of sp³-hybridized carbons (Fsp3) is 1.00. The fourth-order valence-electron chi connectivity index (χ4n) is 0.982. The second-order valence-electron chi connectivity index (χ2n) is 2.98. The molecule has 1 saturated heterocycles. The molecule has 0 bridgehead atoms. The zero-order valence-electron chi connectivity index (χ0n) is 6.55. The molecular weight excluding hydrogens is 114 g/mol. The molecule has 0 aromatic carbocycles. The average molecular weight is 129 g/mol. The molecule has 1 aliphatic heterocycles. The van der Waals surface area contributed by atoms with Crippen LogP contribution in [0.25, 0.3) is 0 Å². The van der Waals surface area contributed by atoms with Crippen molar-refractivity contribution < 1.29 is 0 Å². The van der Waals surface area contributed by atoms with E-state index in [4.69, 9.17) is 0 Å². The van der Waals surface area contributed by atoms with E-state index in [-0.39, 0.29) is 0 Å². The van der Waals surface area contributed by atoms with Crippen LogP contribution in [0.2, 0.25) is 0 Å². The Labute approximate surface area is 56.6 Å². The van der Waals surface area contributed by atoms with Crippen LogP contribution in [-0.2, 0) is 0 Å². The lowest BCUT2D eigenvalue weighted by atomic mass is 10.5. The summed E-state index contributed by atoms with van der Waals surface area (Å²) in [5.41, 5.74) is 0. The van der Waals surface area contributed by atoms with Gasteiger partial charge < -0.3 is 0 Å². The molecule has 54 valence electrons. The minimum atomic E-state index is 0.569. The molecule has 1 heterocycles. The van der Waals surface area contributed by atoms with E-state index in [1.165, 1.54) is 0 Å². The Hall–Kier alpha value is -0.120. The molecule has 0 radical (unpaired) electrons. The van der Waals surface area contributed by atoms with Gasteiger partial charge in [0.1, 0.15) is 0 Å². The van der Waals surface area contributed by atoms with Crippen LogP contribution in [0.15, 0.2) is 0 Å². The Kier molecular flexibility index (Phi) is 1.75. The summed E-state index contributed by atoms with van der Waals surface area (Å²) in [6.07, 6.45) is 1.14. The summed E-state index contributed by atoms with van der Waals surface area (Å²) >= 11 is 0. The largest absolute Gasteiger partial charge is 0.292 e. The maximum Gasteiger partial charge on any atom is 0.0902 e. The molecular formula is C6H15N3. The standard InChI is InChI=1S/C6H15N3/c1-8(2)5-6(7-5)9(3)4/h5-7H,1-4H3. The van der Waals surface area contributed by atoms with Crippen molar-refractivity contribution in [3.63, 3.8) is 0 Å². The van der Waals surface area contributed by atoms with Crippen LogP contribution in [-0.4, -0.2) is 50.3 Å². The highest BCUT2D eigenvalue weighted by atomic mass is 15.5. The highest BCUT2D eigenvalue weighted by Crippen LogP contribution is 2.13. The van der Waals surface area contributed by atoms with Gasteiger partial charge in [-0.1, -0.05) is 0 Å². The van der Waals surface area contributed by atoms with Crippen LogP contribution in [0, 0.1) is 0 Å². The van der Waals surface area contributed by atoms with E-state index in [1.807, 2.05) is 0 Å². The molecule has 1 rings (SSSR count). The van der Waals surface area contributed by atoms with E-state index in [2.05, 4.69) is 43.3 Å². The van der Waals surface area contributed by atoms with Gasteiger partial charge in [-0.25, -0.2) is 0 Å². The third-order valence-corrected chi connectivity index (χ3v) is 1.64. The molecule has 2 atom stereocenters. The van der Waals surface area contributed by atoms with Crippen LogP contribution in [0.1, 0.15) is 0 Å². The Bertz CT molecular complexity index is 88.5. The quantitative estimate of drug-likeness (QED) is 0.503. The van der Waals surface area contributed by atoms with E-state index in [1.54, 1.807) is 0 Å². The van der Waals surface area contributed by atoms with Gasteiger partial charge in [0.2, 0.25) is 0 Å². The second kappa shape index (κ2) is 2.25. The third-order valence-electron chi connectivity index (χ3n) is 1.64. The maximum absolute atomic E-state index is 3.32. The van der Waals surface area contributed by atoms with E-state index in [9.17, 15) is 0 Å². The lowest BCUT2D eigenvalue weighted by Gasteiger charge is -2.09. The molecule has 9 heavy (non-hydrogen) atoms. The van der Waals surface area contributed by atoms with Crippen molar-refractivity contribution in [1.29, 1.82) is 0 Å². The predicted octanol–water partition coefficient (Wildman–Crippen LogP) is -0.635. The number of likely N-dealkylation sites (N-methyl/N-ethyl adjacent to an activating group) is 2. The van der Waals surface area contributed by atoms with Gasteiger partial charge in [-0.3, -0.25) is 15.1 Å². The summed E-state index contributed by atoms with van der Waals surface area (Å²) in [4.78, 5) is 4.37. The molecule has 1 fully saturated rings. The SMILES string of the molecule is CN(C)C1NC1N(C)C. The first-order valence-corrected chi connectivity index (χ1v) is 3.22. The van der Waals surface area contributed by atoms with E-state index in [0.29, 0.717) is 12.3 Å². The molecule has 3 nitrogen and oxygen atoms in total. The zero-order chi connectivity index (χ0) is 7.02. The van der Waals surface area contributed by atoms with Crippen molar-refractivity contribution in [2.45, 2.75) is 12.3 Å². The third kappa shape index (κ3) is 1.41. The van der Waals surface area contributed by atoms with E-state index >= 15 is 0 Å². The Morgan fingerprint density at radius 1 is 0.889 bits per heavy atom. The molecule has 0 amide bonds. The second-order valence-corrected chi connectivity index (χ2v) is 2.98. The van der Waals surface area contributed by atoms with Crippen LogP contribution in [0.5, 0.6) is 0 Å². The first kappa shape index (κ1) is 6.99. The minimum Gasteiger partial charge on any atom is -0.292 e. The highest BCUT2D eigenvalue weighted by Gasteiger charge is 2.39. The fourth-order valence-corrected chi connectivity index (χ4v) is 0.982. The van der Waals surface area contributed by atoms with Gasteiger partial charge in [-0.15, -0.1) is 0 Å². The molecule has 1 N–H and O–H groups in total. The minimum absolute atomic E-state index is 0.569. The number of nitrogens with one attached hydrogen (secondary N) is 1. The molecule has 0 saturated carbocycles. The Morgan fingerprint density at radius 2 is 1.22 bits per heavy atom. The lowest BCUT2D eigenvalue weighted by molar-refractivity contribution is 0.315. The van der Waals surface area contributed by atoms with Gasteiger partial charge >= 0.3 is 0 Å². The van der Waals surface area contributed by atoms with Gasteiger partial charge in [0.25, 0.3) is 0 Å². The molecule has 1 aliphatic rings. The van der Waals surface area contributed by atoms with E-state index in [0.717, 1.165) is 0 Å².